The molecule has 0 aliphatic heterocycles. The van der Waals surface area contributed by atoms with E-state index in [1.54, 1.807) is 32.0 Å². The predicted molar refractivity (Wildman–Crippen MR) is 79.7 cm³/mol. The Morgan fingerprint density at radius 2 is 2.05 bits per heavy atom. The van der Waals surface area contributed by atoms with Crippen molar-refractivity contribution >= 4 is 23.6 Å². The van der Waals surface area contributed by atoms with Gasteiger partial charge in [0.1, 0.15) is 5.75 Å². The van der Waals surface area contributed by atoms with E-state index in [9.17, 15) is 9.59 Å². The number of carboxylic acids is 1. The van der Waals surface area contributed by atoms with Gasteiger partial charge in [-0.25, -0.2) is 4.79 Å². The maximum absolute atomic E-state index is 11.8. The van der Waals surface area contributed by atoms with Gasteiger partial charge in [-0.1, -0.05) is 17.7 Å². The summed E-state index contributed by atoms with van der Waals surface area (Å²) in [6, 6.07) is 4.73. The summed E-state index contributed by atoms with van der Waals surface area (Å²) in [6.07, 6.45) is -0.171. The molecule has 0 atom stereocenters. The zero-order valence-corrected chi connectivity index (χ0v) is 13.0. The maximum atomic E-state index is 11.8. The third-order valence-corrected chi connectivity index (χ3v) is 3.12. The van der Waals surface area contributed by atoms with E-state index in [1.165, 1.54) is 7.11 Å². The van der Waals surface area contributed by atoms with E-state index in [0.717, 1.165) is 0 Å². The number of nitrogens with one attached hydrogen (secondary N) is 2. The third kappa shape index (κ3) is 5.51. The minimum absolute atomic E-state index is 0.171. The third-order valence-electron chi connectivity index (χ3n) is 2.77. The van der Waals surface area contributed by atoms with Crippen LogP contribution in [0.5, 0.6) is 5.75 Å². The summed E-state index contributed by atoms with van der Waals surface area (Å²) < 4.78 is 5.18. The molecule has 0 bridgehead atoms. The van der Waals surface area contributed by atoms with Gasteiger partial charge in [0.2, 0.25) is 0 Å². The number of carboxylic acid groups (broad SMARTS) is 1. The van der Waals surface area contributed by atoms with Gasteiger partial charge in [0.15, 0.2) is 0 Å². The number of amides is 2. The molecule has 6 nitrogen and oxygen atoms in total. The lowest BCUT2D eigenvalue weighted by molar-refractivity contribution is -0.138. The summed E-state index contributed by atoms with van der Waals surface area (Å²) in [5.74, 6) is -0.402. The van der Waals surface area contributed by atoms with E-state index < -0.39 is 17.5 Å². The maximum Gasteiger partial charge on any atom is 0.315 e. The molecule has 3 N–H and O–H groups in total. The first-order valence-electron chi connectivity index (χ1n) is 6.34. The van der Waals surface area contributed by atoms with E-state index in [4.69, 9.17) is 21.4 Å². The van der Waals surface area contributed by atoms with Crippen LogP contribution in [0.2, 0.25) is 5.02 Å². The van der Waals surface area contributed by atoms with Gasteiger partial charge in [0, 0.05) is 22.7 Å². The van der Waals surface area contributed by atoms with Gasteiger partial charge in [-0.15, -0.1) is 0 Å². The predicted octanol–water partition coefficient (Wildman–Crippen LogP) is 2.40. The number of halogens is 1. The second-order valence-electron chi connectivity index (χ2n) is 5.18. The molecule has 1 aromatic rings. The summed E-state index contributed by atoms with van der Waals surface area (Å²) >= 11 is 6.06. The van der Waals surface area contributed by atoms with Gasteiger partial charge >= 0.3 is 12.0 Å². The summed E-state index contributed by atoms with van der Waals surface area (Å²) in [7, 11) is 1.52. The number of carbonyl (C=O) groups excluding carboxylic acids is 1. The van der Waals surface area contributed by atoms with E-state index in [-0.39, 0.29) is 13.0 Å². The Kier molecular flexibility index (Phi) is 5.84. The summed E-state index contributed by atoms with van der Waals surface area (Å²) in [5.41, 5.74) is -0.187. The number of hydrogen-bond acceptors (Lipinski definition) is 3. The Morgan fingerprint density at radius 1 is 1.38 bits per heavy atom. The molecule has 116 valence electrons. The molecule has 0 fully saturated rings. The molecule has 0 spiro atoms. The van der Waals surface area contributed by atoms with Crippen LogP contribution >= 0.6 is 11.6 Å². The van der Waals surface area contributed by atoms with Crippen molar-refractivity contribution in [1.82, 2.24) is 10.6 Å². The van der Waals surface area contributed by atoms with Crippen molar-refractivity contribution < 1.29 is 19.4 Å². The summed E-state index contributed by atoms with van der Waals surface area (Å²) in [5, 5.41) is 14.5. The molecule has 0 aliphatic carbocycles. The second-order valence-corrected chi connectivity index (χ2v) is 5.59. The van der Waals surface area contributed by atoms with Crippen LogP contribution in [0.1, 0.15) is 25.8 Å². The fourth-order valence-electron chi connectivity index (χ4n) is 1.84. The first kappa shape index (κ1) is 17.1. The number of rotatable bonds is 6. The monoisotopic (exact) mass is 314 g/mol. The van der Waals surface area contributed by atoms with E-state index in [2.05, 4.69) is 10.6 Å². The highest BCUT2D eigenvalue weighted by Crippen LogP contribution is 2.25. The van der Waals surface area contributed by atoms with Crippen LogP contribution in [0, 0.1) is 0 Å². The lowest BCUT2D eigenvalue weighted by Gasteiger charge is -2.24. The highest BCUT2D eigenvalue weighted by molar-refractivity contribution is 6.31. The Balaban J connectivity index is 2.64. The van der Waals surface area contributed by atoms with Crippen molar-refractivity contribution in [3.8, 4) is 5.75 Å². The standard InChI is InChI=1S/C14H19ClN2O4/c1-14(2,7-12(18)19)17-13(20)16-8-9-10(15)5-4-6-11(9)21-3/h4-6H,7-8H2,1-3H3,(H,18,19)(H2,16,17,20). The molecule has 0 heterocycles. The summed E-state index contributed by atoms with van der Waals surface area (Å²) in [4.78, 5) is 22.5. The zero-order chi connectivity index (χ0) is 16.0. The van der Waals surface area contributed by atoms with Crippen molar-refractivity contribution in [3.05, 3.63) is 28.8 Å². The average Bonchev–Trinajstić information content (AvgIpc) is 2.34. The first-order chi connectivity index (χ1) is 9.75. The number of hydrogen-bond donors (Lipinski definition) is 3. The van der Waals surface area contributed by atoms with Crippen LogP contribution in [0.3, 0.4) is 0 Å². The van der Waals surface area contributed by atoms with Crippen molar-refractivity contribution in [2.24, 2.45) is 0 Å². The minimum atomic E-state index is -0.979. The molecular weight excluding hydrogens is 296 g/mol. The van der Waals surface area contributed by atoms with E-state index in [1.807, 2.05) is 0 Å². The number of benzene rings is 1. The van der Waals surface area contributed by atoms with Crippen LogP contribution in [-0.2, 0) is 11.3 Å². The van der Waals surface area contributed by atoms with Crippen LogP contribution in [0.4, 0.5) is 4.79 Å². The van der Waals surface area contributed by atoms with Gasteiger partial charge in [-0.2, -0.15) is 0 Å². The lowest BCUT2D eigenvalue weighted by atomic mass is 10.0. The van der Waals surface area contributed by atoms with Gasteiger partial charge in [-0.05, 0) is 26.0 Å². The normalized spacial score (nSPS) is 10.9. The molecule has 0 unspecified atom stereocenters. The fraction of sp³-hybridized carbons (Fsp3) is 0.429. The molecular formula is C14H19ClN2O4. The molecule has 0 saturated heterocycles. The average molecular weight is 315 g/mol. The smallest absolute Gasteiger partial charge is 0.315 e. The number of carbonyl (C=O) groups is 2. The van der Waals surface area contributed by atoms with Gasteiger partial charge in [-0.3, -0.25) is 4.79 Å². The lowest BCUT2D eigenvalue weighted by Crippen LogP contribution is -2.49. The van der Waals surface area contributed by atoms with E-state index >= 15 is 0 Å². The van der Waals surface area contributed by atoms with Crippen molar-refractivity contribution in [3.63, 3.8) is 0 Å². The minimum Gasteiger partial charge on any atom is -0.496 e. The first-order valence-corrected chi connectivity index (χ1v) is 6.72. The van der Waals surface area contributed by atoms with Crippen LogP contribution in [0.25, 0.3) is 0 Å². The van der Waals surface area contributed by atoms with Crippen molar-refractivity contribution in [1.29, 1.82) is 0 Å². The SMILES string of the molecule is COc1cccc(Cl)c1CNC(=O)NC(C)(C)CC(=O)O. The highest BCUT2D eigenvalue weighted by atomic mass is 35.5. The Bertz CT molecular complexity index is 532. The van der Waals surface area contributed by atoms with Gasteiger partial charge in [0.25, 0.3) is 0 Å². The number of methoxy groups -OCH3 is 1. The van der Waals surface area contributed by atoms with Crippen molar-refractivity contribution in [2.75, 3.05) is 7.11 Å². The number of urea groups is 1. The molecule has 0 saturated carbocycles. The number of aliphatic carboxylic acids is 1. The van der Waals surface area contributed by atoms with Crippen molar-refractivity contribution in [2.45, 2.75) is 32.4 Å². The topological polar surface area (TPSA) is 87.7 Å². The van der Waals surface area contributed by atoms with Crippen LogP contribution < -0.4 is 15.4 Å². The fourth-order valence-corrected chi connectivity index (χ4v) is 2.08. The zero-order valence-electron chi connectivity index (χ0n) is 12.2. The van der Waals surface area contributed by atoms with E-state index in [0.29, 0.717) is 16.3 Å². The Hall–Kier alpha value is -1.95. The number of ether oxygens (including phenoxy) is 1. The quantitative estimate of drug-likeness (QED) is 0.752. The molecule has 1 rings (SSSR count). The van der Waals surface area contributed by atoms with Crippen LogP contribution in [-0.4, -0.2) is 29.8 Å². The molecule has 1 aromatic carbocycles. The molecule has 2 amide bonds. The molecule has 0 aliphatic rings. The molecule has 0 radical (unpaired) electrons. The van der Waals surface area contributed by atoms with Gasteiger partial charge in [0.05, 0.1) is 13.5 Å². The highest BCUT2D eigenvalue weighted by Gasteiger charge is 2.23. The largest absolute Gasteiger partial charge is 0.496 e. The molecule has 0 aromatic heterocycles. The Morgan fingerprint density at radius 3 is 2.62 bits per heavy atom. The second kappa shape index (κ2) is 7.17. The molecule has 7 heteroatoms. The molecule has 21 heavy (non-hydrogen) atoms. The Labute approximate surface area is 128 Å². The van der Waals surface area contributed by atoms with Crippen LogP contribution in [0.15, 0.2) is 18.2 Å². The van der Waals surface area contributed by atoms with Gasteiger partial charge < -0.3 is 20.5 Å². The summed E-state index contributed by atoms with van der Waals surface area (Å²) in [6.45, 7) is 3.45.